The van der Waals surface area contributed by atoms with Crippen LogP contribution in [0, 0.1) is 11.3 Å². The van der Waals surface area contributed by atoms with E-state index >= 15 is 0 Å². The summed E-state index contributed by atoms with van der Waals surface area (Å²) in [5.74, 6) is -0.468. The van der Waals surface area contributed by atoms with Crippen molar-refractivity contribution in [3.05, 3.63) is 35.9 Å². The number of aromatic nitrogens is 3. The number of hydrogen-bond acceptors (Lipinski definition) is 9. The summed E-state index contributed by atoms with van der Waals surface area (Å²) < 4.78 is 46.3. The van der Waals surface area contributed by atoms with E-state index < -0.39 is 28.9 Å². The number of aliphatic hydroxyl groups is 1. The van der Waals surface area contributed by atoms with Crippen molar-refractivity contribution < 1.29 is 27.8 Å². The van der Waals surface area contributed by atoms with Gasteiger partial charge >= 0.3 is 12.2 Å². The molecule has 0 unspecified atom stereocenters. The van der Waals surface area contributed by atoms with Gasteiger partial charge in [0.25, 0.3) is 5.91 Å². The lowest BCUT2D eigenvalue weighted by atomic mass is 9.74. The number of amides is 1. The van der Waals surface area contributed by atoms with E-state index in [4.69, 9.17) is 27.3 Å². The Morgan fingerprint density at radius 1 is 1.26 bits per heavy atom. The number of β-amino-alcohol motifs (C(OH)–C–C–N with tert-alkyl or cyclic N) is 1. The Kier molecular flexibility index (Phi) is 8.63. The SMILES string of the molecule is CN(C(=O)C1(N(C=S)c2cnc(OC3CCN(CCO)CC3)nc2)CCC1)c1cnc(C#N)c(C(F)(F)F)c1. The van der Waals surface area contributed by atoms with Gasteiger partial charge in [0.2, 0.25) is 0 Å². The molecule has 2 aromatic heterocycles. The molecule has 0 radical (unpaired) electrons. The van der Waals surface area contributed by atoms with E-state index in [0.29, 0.717) is 25.1 Å². The molecule has 4 rings (SSSR count). The Hall–Kier alpha value is -3.41. The molecule has 1 saturated heterocycles. The number of carbonyl (C=O) groups is 1. The Labute approximate surface area is 229 Å². The van der Waals surface area contributed by atoms with Crippen molar-refractivity contribution in [1.29, 1.82) is 5.26 Å². The second-order valence-electron chi connectivity index (χ2n) is 9.53. The number of likely N-dealkylation sites (tertiary alicyclic amines) is 1. The highest BCUT2D eigenvalue weighted by atomic mass is 32.1. The first-order valence-corrected chi connectivity index (χ1v) is 12.9. The van der Waals surface area contributed by atoms with Crippen LogP contribution in [-0.2, 0) is 11.0 Å². The molecule has 1 aliphatic carbocycles. The third-order valence-electron chi connectivity index (χ3n) is 7.24. The van der Waals surface area contributed by atoms with Gasteiger partial charge in [0, 0.05) is 26.7 Å². The topological polar surface area (TPSA) is 119 Å². The Morgan fingerprint density at radius 2 is 1.90 bits per heavy atom. The molecule has 1 aliphatic heterocycles. The zero-order valence-corrected chi connectivity index (χ0v) is 22.1. The predicted octanol–water partition coefficient (Wildman–Crippen LogP) is 2.95. The highest BCUT2D eigenvalue weighted by molar-refractivity contribution is 7.79. The van der Waals surface area contributed by atoms with Crippen LogP contribution in [0.5, 0.6) is 6.01 Å². The van der Waals surface area contributed by atoms with Crippen molar-refractivity contribution in [1.82, 2.24) is 19.9 Å². The number of likely N-dealkylation sites (N-methyl/N-ethyl adjacent to an activating group) is 1. The molecule has 208 valence electrons. The van der Waals surface area contributed by atoms with Crippen LogP contribution < -0.4 is 14.5 Å². The summed E-state index contributed by atoms with van der Waals surface area (Å²) in [6.07, 6.45) is 2.34. The average Bonchev–Trinajstić information content (AvgIpc) is 2.91. The number of rotatable bonds is 9. The van der Waals surface area contributed by atoms with Crippen molar-refractivity contribution >= 4 is 35.0 Å². The van der Waals surface area contributed by atoms with Crippen LogP contribution in [-0.4, -0.2) is 81.3 Å². The van der Waals surface area contributed by atoms with Crippen molar-refractivity contribution in [3.63, 3.8) is 0 Å². The molecular formula is C25H28F3N7O3S. The molecule has 0 bridgehead atoms. The minimum absolute atomic E-state index is 0.0526. The fraction of sp³-hybridized carbons (Fsp3) is 0.520. The molecule has 14 heteroatoms. The van der Waals surface area contributed by atoms with Crippen molar-refractivity contribution in [2.24, 2.45) is 0 Å². The normalized spacial score (nSPS) is 17.5. The second-order valence-corrected chi connectivity index (χ2v) is 9.74. The number of hydrogen-bond donors (Lipinski definition) is 1. The average molecular weight is 564 g/mol. The number of carbonyl (C=O) groups excluding carboxylic acids is 1. The van der Waals surface area contributed by atoms with Crippen molar-refractivity contribution in [3.8, 4) is 12.1 Å². The highest BCUT2D eigenvalue weighted by Crippen LogP contribution is 2.42. The number of thiocarbonyl (C=S) groups is 1. The van der Waals surface area contributed by atoms with Gasteiger partial charge in [0.05, 0.1) is 47.6 Å². The van der Waals surface area contributed by atoms with Crippen molar-refractivity contribution in [2.75, 3.05) is 43.1 Å². The van der Waals surface area contributed by atoms with Crippen LogP contribution >= 0.6 is 12.2 Å². The number of ether oxygens (including phenoxy) is 1. The lowest BCUT2D eigenvalue weighted by molar-refractivity contribution is -0.138. The fourth-order valence-corrected chi connectivity index (χ4v) is 5.21. The maximum absolute atomic E-state index is 13.7. The van der Waals surface area contributed by atoms with Crippen LogP contribution in [0.3, 0.4) is 0 Å². The molecule has 1 saturated carbocycles. The summed E-state index contributed by atoms with van der Waals surface area (Å²) >= 11 is 5.25. The van der Waals surface area contributed by atoms with Gasteiger partial charge in [0.1, 0.15) is 17.7 Å². The minimum Gasteiger partial charge on any atom is -0.460 e. The molecule has 1 amide bonds. The second kappa shape index (κ2) is 11.8. The molecule has 0 aromatic carbocycles. The number of nitrogens with zero attached hydrogens (tertiary/aromatic N) is 7. The molecule has 39 heavy (non-hydrogen) atoms. The van der Waals surface area contributed by atoms with E-state index in [2.05, 4.69) is 19.9 Å². The molecule has 2 aromatic rings. The maximum Gasteiger partial charge on any atom is 0.419 e. The molecule has 3 heterocycles. The summed E-state index contributed by atoms with van der Waals surface area (Å²) in [5, 5.41) is 18.1. The molecule has 2 aliphatic rings. The molecular weight excluding hydrogens is 535 g/mol. The monoisotopic (exact) mass is 563 g/mol. The first-order chi connectivity index (χ1) is 18.6. The summed E-state index contributed by atoms with van der Waals surface area (Å²) in [7, 11) is 1.37. The van der Waals surface area contributed by atoms with E-state index in [1.807, 2.05) is 0 Å². The van der Waals surface area contributed by atoms with Crippen LogP contribution in [0.15, 0.2) is 24.7 Å². The van der Waals surface area contributed by atoms with E-state index in [-0.39, 0.29) is 24.4 Å². The third-order valence-corrected chi connectivity index (χ3v) is 7.45. The van der Waals surface area contributed by atoms with E-state index in [1.165, 1.54) is 31.0 Å². The van der Waals surface area contributed by atoms with Gasteiger partial charge in [-0.15, -0.1) is 0 Å². The highest BCUT2D eigenvalue weighted by Gasteiger charge is 2.51. The summed E-state index contributed by atoms with van der Waals surface area (Å²) in [4.78, 5) is 30.8. The number of piperidine rings is 1. The first-order valence-electron chi connectivity index (χ1n) is 12.4. The van der Waals surface area contributed by atoms with E-state index in [0.717, 1.165) is 49.5 Å². The predicted molar refractivity (Wildman–Crippen MR) is 139 cm³/mol. The van der Waals surface area contributed by atoms with E-state index in [1.54, 1.807) is 4.90 Å². The number of alkyl halides is 3. The van der Waals surface area contributed by atoms with Crippen molar-refractivity contribution in [2.45, 2.75) is 49.9 Å². The Bertz CT molecular complexity index is 1230. The van der Waals surface area contributed by atoms with Crippen LogP contribution in [0.2, 0.25) is 0 Å². The standard InChI is InChI=1S/C25H28F3N7O3S/c1-33(17-11-20(25(26,27)28)21(12-29)30-13-17)22(37)24(5-2-6-24)35(16-39)18-14-31-23(32-15-18)38-19-3-7-34(8-4-19)9-10-36/h11,13-16,19,36H,2-10H2,1H3. The smallest absolute Gasteiger partial charge is 0.419 e. The van der Waals surface area contributed by atoms with Gasteiger partial charge < -0.3 is 24.5 Å². The first kappa shape index (κ1) is 28.6. The zero-order chi connectivity index (χ0) is 28.2. The van der Waals surface area contributed by atoms with Crippen LogP contribution in [0.1, 0.15) is 43.4 Å². The lowest BCUT2D eigenvalue weighted by Crippen LogP contribution is -2.63. The summed E-state index contributed by atoms with van der Waals surface area (Å²) in [6.45, 7) is 2.36. The summed E-state index contributed by atoms with van der Waals surface area (Å²) in [5.41, 5.74) is -1.43. The number of aliphatic hydroxyl groups excluding tert-OH is 1. The molecule has 0 spiro atoms. The number of halogens is 3. The fourth-order valence-electron chi connectivity index (χ4n) is 4.89. The molecule has 2 fully saturated rings. The summed E-state index contributed by atoms with van der Waals surface area (Å²) in [6, 6.07) is 2.38. The third kappa shape index (κ3) is 5.95. The maximum atomic E-state index is 13.7. The quantitative estimate of drug-likeness (QED) is 0.456. The van der Waals surface area contributed by atoms with Gasteiger partial charge in [0.15, 0.2) is 5.69 Å². The largest absolute Gasteiger partial charge is 0.460 e. The van der Waals surface area contributed by atoms with Crippen LogP contribution in [0.25, 0.3) is 0 Å². The van der Waals surface area contributed by atoms with Gasteiger partial charge in [-0.25, -0.2) is 15.0 Å². The van der Waals surface area contributed by atoms with Gasteiger partial charge in [-0.2, -0.15) is 18.4 Å². The van der Waals surface area contributed by atoms with E-state index in [9.17, 15) is 18.0 Å². The van der Waals surface area contributed by atoms with Crippen LogP contribution in [0.4, 0.5) is 24.5 Å². The van der Waals surface area contributed by atoms with Gasteiger partial charge in [-0.05, 0) is 38.2 Å². The molecule has 0 atom stereocenters. The number of anilines is 2. The number of nitriles is 1. The minimum atomic E-state index is -4.80. The van der Waals surface area contributed by atoms with Gasteiger partial charge in [-0.3, -0.25) is 4.79 Å². The lowest BCUT2D eigenvalue weighted by Gasteiger charge is -2.49. The zero-order valence-electron chi connectivity index (χ0n) is 21.3. The Morgan fingerprint density at radius 3 is 2.41 bits per heavy atom. The number of pyridine rings is 1. The Balaban J connectivity index is 1.50. The molecule has 1 N–H and O–H groups in total. The van der Waals surface area contributed by atoms with Gasteiger partial charge in [-0.1, -0.05) is 12.2 Å². The molecule has 10 nitrogen and oxygen atoms in total.